The minimum atomic E-state index is -0.573. The van der Waals surface area contributed by atoms with Gasteiger partial charge < -0.3 is 14.6 Å². The summed E-state index contributed by atoms with van der Waals surface area (Å²) < 4.78 is 13.1. The van der Waals surface area contributed by atoms with Gasteiger partial charge in [-0.1, -0.05) is 6.07 Å². The van der Waals surface area contributed by atoms with Crippen molar-refractivity contribution in [3.8, 4) is 11.5 Å². The smallest absolute Gasteiger partial charge is 0.161 e. The Hall–Kier alpha value is -2.01. The molecule has 1 aromatic heterocycles. The zero-order valence-corrected chi connectivity index (χ0v) is 12.2. The van der Waals surface area contributed by atoms with E-state index < -0.39 is 6.10 Å². The molecule has 1 aromatic carbocycles. The Balaban J connectivity index is 1.75. The topological polar surface area (TPSA) is 56.5 Å². The number of aliphatic hydroxyl groups is 1. The van der Waals surface area contributed by atoms with Crippen molar-refractivity contribution in [2.24, 2.45) is 0 Å². The van der Waals surface area contributed by atoms with E-state index in [0.29, 0.717) is 25.4 Å². The summed E-state index contributed by atoms with van der Waals surface area (Å²) in [6, 6.07) is 5.63. The quantitative estimate of drug-likeness (QED) is 0.938. The van der Waals surface area contributed by atoms with E-state index in [1.165, 1.54) is 0 Å². The SMILES string of the molecule is CCn1cc(CC(O)c2ccc3c(c2)OCCCO3)cn1. The summed E-state index contributed by atoms with van der Waals surface area (Å²) >= 11 is 0. The number of aromatic nitrogens is 2. The third-order valence-electron chi connectivity index (χ3n) is 3.60. The van der Waals surface area contributed by atoms with Crippen LogP contribution in [-0.4, -0.2) is 28.1 Å². The average molecular weight is 288 g/mol. The number of hydrogen-bond acceptors (Lipinski definition) is 4. The van der Waals surface area contributed by atoms with E-state index in [1.54, 1.807) is 6.20 Å². The van der Waals surface area contributed by atoms with Gasteiger partial charge in [0.15, 0.2) is 11.5 Å². The molecule has 0 spiro atoms. The van der Waals surface area contributed by atoms with Gasteiger partial charge in [0, 0.05) is 25.6 Å². The number of rotatable bonds is 4. The second kappa shape index (κ2) is 6.18. The Kier molecular flexibility index (Phi) is 4.10. The summed E-state index contributed by atoms with van der Waals surface area (Å²) in [4.78, 5) is 0. The normalized spacial score (nSPS) is 15.5. The van der Waals surface area contributed by atoms with E-state index in [2.05, 4.69) is 5.10 Å². The highest BCUT2D eigenvalue weighted by Crippen LogP contribution is 2.33. The third-order valence-corrected chi connectivity index (χ3v) is 3.60. The molecule has 0 radical (unpaired) electrons. The van der Waals surface area contributed by atoms with E-state index >= 15 is 0 Å². The number of nitrogens with zero attached hydrogens (tertiary/aromatic N) is 2. The van der Waals surface area contributed by atoms with Gasteiger partial charge in [0.2, 0.25) is 0 Å². The van der Waals surface area contributed by atoms with Crippen LogP contribution in [0.15, 0.2) is 30.6 Å². The van der Waals surface area contributed by atoms with Crippen molar-refractivity contribution >= 4 is 0 Å². The Morgan fingerprint density at radius 2 is 2.10 bits per heavy atom. The fourth-order valence-corrected chi connectivity index (χ4v) is 2.41. The summed E-state index contributed by atoms with van der Waals surface area (Å²) in [5.74, 6) is 1.47. The molecule has 1 N–H and O–H groups in total. The molecule has 2 heterocycles. The van der Waals surface area contributed by atoms with Crippen LogP contribution < -0.4 is 9.47 Å². The van der Waals surface area contributed by atoms with Gasteiger partial charge in [-0.15, -0.1) is 0 Å². The van der Waals surface area contributed by atoms with Crippen LogP contribution in [0.2, 0.25) is 0 Å². The number of hydrogen-bond donors (Lipinski definition) is 1. The van der Waals surface area contributed by atoms with Crippen LogP contribution in [0.1, 0.15) is 30.6 Å². The van der Waals surface area contributed by atoms with Crippen molar-refractivity contribution in [1.29, 1.82) is 0 Å². The molecule has 1 unspecified atom stereocenters. The molecule has 1 atom stereocenters. The minimum absolute atomic E-state index is 0.541. The highest BCUT2D eigenvalue weighted by Gasteiger charge is 2.15. The van der Waals surface area contributed by atoms with Crippen molar-refractivity contribution < 1.29 is 14.6 Å². The molecule has 21 heavy (non-hydrogen) atoms. The standard InChI is InChI=1S/C16H20N2O3/c1-2-18-11-12(10-17-18)8-14(19)13-4-5-15-16(9-13)21-7-3-6-20-15/h4-5,9-11,14,19H,2-3,6-8H2,1H3. The highest BCUT2D eigenvalue weighted by molar-refractivity contribution is 5.44. The molecule has 112 valence electrons. The van der Waals surface area contributed by atoms with Gasteiger partial charge in [-0.05, 0) is 30.2 Å². The average Bonchev–Trinajstić information content (AvgIpc) is 2.82. The first-order valence-corrected chi connectivity index (χ1v) is 7.35. The first-order valence-electron chi connectivity index (χ1n) is 7.35. The Bertz CT molecular complexity index is 609. The summed E-state index contributed by atoms with van der Waals surface area (Å²) in [6.07, 6.45) is 4.61. The van der Waals surface area contributed by atoms with Crippen molar-refractivity contribution in [1.82, 2.24) is 9.78 Å². The zero-order chi connectivity index (χ0) is 14.7. The van der Waals surface area contributed by atoms with Crippen LogP contribution in [0.5, 0.6) is 11.5 Å². The predicted molar refractivity (Wildman–Crippen MR) is 78.6 cm³/mol. The molecule has 1 aliphatic rings. The number of benzene rings is 1. The molecular formula is C16H20N2O3. The summed E-state index contributed by atoms with van der Waals surface area (Å²) in [5, 5.41) is 14.6. The minimum Gasteiger partial charge on any atom is -0.490 e. The van der Waals surface area contributed by atoms with Crippen LogP contribution in [-0.2, 0) is 13.0 Å². The Morgan fingerprint density at radius 1 is 1.29 bits per heavy atom. The first kappa shape index (κ1) is 13.9. The molecule has 0 saturated carbocycles. The molecule has 0 bridgehead atoms. The zero-order valence-electron chi connectivity index (χ0n) is 12.2. The maximum Gasteiger partial charge on any atom is 0.161 e. The molecule has 2 aromatic rings. The molecule has 0 aliphatic carbocycles. The van der Waals surface area contributed by atoms with E-state index in [9.17, 15) is 5.11 Å². The van der Waals surface area contributed by atoms with Crippen LogP contribution in [0.25, 0.3) is 0 Å². The molecule has 0 fully saturated rings. The lowest BCUT2D eigenvalue weighted by atomic mass is 10.0. The lowest BCUT2D eigenvalue weighted by Crippen LogP contribution is -2.02. The summed E-state index contributed by atoms with van der Waals surface area (Å²) in [7, 11) is 0. The molecular weight excluding hydrogens is 268 g/mol. The van der Waals surface area contributed by atoms with Gasteiger partial charge in [-0.2, -0.15) is 5.10 Å². The molecule has 5 nitrogen and oxygen atoms in total. The van der Waals surface area contributed by atoms with E-state index in [-0.39, 0.29) is 0 Å². The molecule has 1 aliphatic heterocycles. The van der Waals surface area contributed by atoms with Crippen LogP contribution in [0, 0.1) is 0 Å². The Labute approximate surface area is 124 Å². The highest BCUT2D eigenvalue weighted by atomic mass is 16.5. The number of ether oxygens (including phenoxy) is 2. The fraction of sp³-hybridized carbons (Fsp3) is 0.438. The van der Waals surface area contributed by atoms with Gasteiger partial charge in [0.25, 0.3) is 0 Å². The van der Waals surface area contributed by atoms with Gasteiger partial charge in [-0.25, -0.2) is 0 Å². The lowest BCUT2D eigenvalue weighted by molar-refractivity contribution is 0.177. The maximum atomic E-state index is 10.4. The van der Waals surface area contributed by atoms with E-state index in [1.807, 2.05) is 36.0 Å². The van der Waals surface area contributed by atoms with Gasteiger partial charge in [0.1, 0.15) is 0 Å². The Morgan fingerprint density at radius 3 is 2.86 bits per heavy atom. The third kappa shape index (κ3) is 3.19. The first-order chi connectivity index (χ1) is 10.3. The van der Waals surface area contributed by atoms with E-state index in [4.69, 9.17) is 9.47 Å². The van der Waals surface area contributed by atoms with Crippen LogP contribution in [0.4, 0.5) is 0 Å². The second-order valence-corrected chi connectivity index (χ2v) is 5.18. The number of aryl methyl sites for hydroxylation is 1. The number of fused-ring (bicyclic) bond motifs is 1. The molecule has 0 saturated heterocycles. The van der Waals surface area contributed by atoms with Crippen molar-refractivity contribution in [2.45, 2.75) is 32.4 Å². The largest absolute Gasteiger partial charge is 0.490 e. The van der Waals surface area contributed by atoms with Crippen molar-refractivity contribution in [2.75, 3.05) is 13.2 Å². The van der Waals surface area contributed by atoms with Crippen molar-refractivity contribution in [3.63, 3.8) is 0 Å². The monoisotopic (exact) mass is 288 g/mol. The van der Waals surface area contributed by atoms with Gasteiger partial charge in [0.05, 0.1) is 25.5 Å². The predicted octanol–water partition coefficient (Wildman–Crippen LogP) is 2.34. The number of aliphatic hydroxyl groups excluding tert-OH is 1. The summed E-state index contributed by atoms with van der Waals surface area (Å²) in [5.41, 5.74) is 1.86. The van der Waals surface area contributed by atoms with Crippen LogP contribution in [0.3, 0.4) is 0 Å². The lowest BCUT2D eigenvalue weighted by Gasteiger charge is -2.13. The van der Waals surface area contributed by atoms with Crippen molar-refractivity contribution in [3.05, 3.63) is 41.7 Å². The van der Waals surface area contributed by atoms with Crippen LogP contribution >= 0.6 is 0 Å². The summed E-state index contributed by atoms with van der Waals surface area (Å²) in [6.45, 7) is 4.19. The molecule has 3 rings (SSSR count). The van der Waals surface area contributed by atoms with Gasteiger partial charge in [-0.3, -0.25) is 4.68 Å². The maximum absolute atomic E-state index is 10.4. The molecule has 0 amide bonds. The molecule has 5 heteroatoms. The second-order valence-electron chi connectivity index (χ2n) is 5.18. The fourth-order valence-electron chi connectivity index (χ4n) is 2.41. The van der Waals surface area contributed by atoms with E-state index in [0.717, 1.165) is 29.8 Å². The van der Waals surface area contributed by atoms with Gasteiger partial charge >= 0.3 is 0 Å².